The van der Waals surface area contributed by atoms with Crippen molar-refractivity contribution in [1.82, 2.24) is 4.90 Å². The number of halogens is 1. The molecule has 3 heterocycles. The van der Waals surface area contributed by atoms with Crippen molar-refractivity contribution in [1.29, 1.82) is 0 Å². The molecule has 0 unspecified atom stereocenters. The number of carbonyl (C=O) groups excluding carboxylic acids is 1. The van der Waals surface area contributed by atoms with Gasteiger partial charge < -0.3 is 4.90 Å². The van der Waals surface area contributed by atoms with E-state index in [2.05, 4.69) is 13.8 Å². The fraction of sp³-hybridized carbons (Fsp3) is 0.421. The highest BCUT2D eigenvalue weighted by atomic mass is 35.5. The molecule has 1 fully saturated rings. The Morgan fingerprint density at radius 2 is 1.88 bits per heavy atom. The zero-order valence-electron chi connectivity index (χ0n) is 14.7. The Bertz CT molecular complexity index is 986. The zero-order valence-corrected chi connectivity index (χ0v) is 17.0. The van der Waals surface area contributed by atoms with E-state index in [4.69, 9.17) is 11.6 Å². The van der Waals surface area contributed by atoms with Crippen molar-refractivity contribution < 1.29 is 13.2 Å². The van der Waals surface area contributed by atoms with E-state index in [0.717, 1.165) is 24.4 Å². The highest BCUT2D eigenvalue weighted by molar-refractivity contribution is 7.91. The molecule has 2 aliphatic rings. The Kier molecular flexibility index (Phi) is 4.40. The van der Waals surface area contributed by atoms with Crippen LogP contribution in [0.2, 0.25) is 5.02 Å². The number of benzene rings is 1. The summed E-state index contributed by atoms with van der Waals surface area (Å²) in [6, 6.07) is 6.70. The second kappa shape index (κ2) is 6.36. The van der Waals surface area contributed by atoms with Crippen molar-refractivity contribution in [3.63, 3.8) is 0 Å². The standard InChI is InChI=1S/C19H20ClNO3S2/c1-11-5-12(2)9-21(8-11)19(22)16-6-13-10-26(23,24)17-7-14(20)3-4-15(17)18(13)25-16/h3-4,6-7,11-12H,5,8-10H2,1-2H3/t11-,12-/m1/s1. The Hall–Kier alpha value is -1.37. The first-order valence-electron chi connectivity index (χ1n) is 8.69. The molecule has 1 aromatic heterocycles. The summed E-state index contributed by atoms with van der Waals surface area (Å²) in [7, 11) is -3.44. The number of rotatable bonds is 1. The smallest absolute Gasteiger partial charge is 0.263 e. The first kappa shape index (κ1) is 18.0. The summed E-state index contributed by atoms with van der Waals surface area (Å²) in [6.07, 6.45) is 1.14. The molecule has 1 amide bonds. The molecule has 0 bridgehead atoms. The van der Waals surface area contributed by atoms with Gasteiger partial charge in [-0.15, -0.1) is 11.3 Å². The average Bonchev–Trinajstić information content (AvgIpc) is 2.96. The number of fused-ring (bicyclic) bond motifs is 3. The number of hydrogen-bond donors (Lipinski definition) is 0. The number of likely N-dealkylation sites (tertiary alicyclic amines) is 1. The van der Waals surface area contributed by atoms with Crippen LogP contribution < -0.4 is 0 Å². The van der Waals surface area contributed by atoms with E-state index < -0.39 is 9.84 Å². The third kappa shape index (κ3) is 3.08. The maximum Gasteiger partial charge on any atom is 0.263 e. The molecule has 0 aliphatic carbocycles. The van der Waals surface area contributed by atoms with Crippen LogP contribution in [0.4, 0.5) is 0 Å². The van der Waals surface area contributed by atoms with E-state index in [9.17, 15) is 13.2 Å². The van der Waals surface area contributed by atoms with Crippen LogP contribution in [0.1, 0.15) is 35.5 Å². The van der Waals surface area contributed by atoms with Crippen molar-refractivity contribution in [2.75, 3.05) is 13.1 Å². The van der Waals surface area contributed by atoms with Gasteiger partial charge in [-0.25, -0.2) is 8.42 Å². The second-order valence-corrected chi connectivity index (χ2v) is 11.0. The Labute approximate surface area is 162 Å². The van der Waals surface area contributed by atoms with Gasteiger partial charge in [0.15, 0.2) is 9.84 Å². The molecule has 0 spiro atoms. The molecule has 0 radical (unpaired) electrons. The maximum atomic E-state index is 13.0. The third-order valence-corrected chi connectivity index (χ3v) is 8.18. The normalized spacial score (nSPS) is 24.0. The van der Waals surface area contributed by atoms with Crippen LogP contribution in [0.5, 0.6) is 0 Å². The van der Waals surface area contributed by atoms with Crippen molar-refractivity contribution in [3.05, 3.63) is 39.7 Å². The monoisotopic (exact) mass is 409 g/mol. The highest BCUT2D eigenvalue weighted by Crippen LogP contribution is 2.44. The molecule has 138 valence electrons. The minimum Gasteiger partial charge on any atom is -0.337 e. The van der Waals surface area contributed by atoms with E-state index in [0.29, 0.717) is 32.9 Å². The number of nitrogens with zero attached hydrogens (tertiary/aromatic N) is 1. The minimum absolute atomic E-state index is 0.00992. The number of amides is 1. The van der Waals surface area contributed by atoms with Crippen molar-refractivity contribution >= 4 is 38.7 Å². The number of thiophene rings is 1. The topological polar surface area (TPSA) is 54.5 Å². The molecule has 0 saturated carbocycles. The lowest BCUT2D eigenvalue weighted by molar-refractivity contribution is 0.0628. The van der Waals surface area contributed by atoms with Gasteiger partial charge in [-0.2, -0.15) is 0 Å². The van der Waals surface area contributed by atoms with Gasteiger partial charge in [0.2, 0.25) is 0 Å². The number of carbonyl (C=O) groups is 1. The molecule has 4 nitrogen and oxygen atoms in total. The maximum absolute atomic E-state index is 13.0. The molecule has 2 aliphatic heterocycles. The van der Waals surface area contributed by atoms with Crippen LogP contribution in [-0.4, -0.2) is 32.3 Å². The summed E-state index contributed by atoms with van der Waals surface area (Å²) < 4.78 is 25.2. The third-order valence-electron chi connectivity index (χ3n) is 5.04. The van der Waals surface area contributed by atoms with Gasteiger partial charge in [0, 0.05) is 28.6 Å². The van der Waals surface area contributed by atoms with Crippen molar-refractivity contribution in [3.8, 4) is 10.4 Å². The summed E-state index contributed by atoms with van der Waals surface area (Å²) in [5, 5.41) is 0.403. The summed E-state index contributed by atoms with van der Waals surface area (Å²) >= 11 is 7.38. The van der Waals surface area contributed by atoms with Crippen LogP contribution in [-0.2, 0) is 15.6 Å². The molecule has 2 atom stereocenters. The number of sulfone groups is 1. The van der Waals surface area contributed by atoms with Gasteiger partial charge in [-0.3, -0.25) is 4.79 Å². The van der Waals surface area contributed by atoms with Crippen molar-refractivity contribution in [2.45, 2.75) is 30.9 Å². The van der Waals surface area contributed by atoms with Crippen LogP contribution >= 0.6 is 22.9 Å². The van der Waals surface area contributed by atoms with E-state index in [1.807, 2.05) is 4.90 Å². The lowest BCUT2D eigenvalue weighted by Crippen LogP contribution is -2.42. The van der Waals surface area contributed by atoms with Crippen LogP contribution in [0.25, 0.3) is 10.4 Å². The number of hydrogen-bond acceptors (Lipinski definition) is 4. The predicted octanol–water partition coefficient (Wildman–Crippen LogP) is 4.47. The molecule has 7 heteroatoms. The fourth-order valence-corrected chi connectivity index (χ4v) is 7.26. The Morgan fingerprint density at radius 1 is 1.19 bits per heavy atom. The summed E-state index contributed by atoms with van der Waals surface area (Å²) in [4.78, 5) is 16.7. The van der Waals surface area contributed by atoms with Gasteiger partial charge in [-0.1, -0.05) is 31.5 Å². The second-order valence-electron chi connectivity index (χ2n) is 7.52. The first-order chi connectivity index (χ1) is 12.2. The van der Waals surface area contributed by atoms with Crippen molar-refractivity contribution in [2.24, 2.45) is 11.8 Å². The average molecular weight is 410 g/mol. The fourth-order valence-electron chi connectivity index (χ4n) is 4.08. The lowest BCUT2D eigenvalue weighted by Gasteiger charge is -2.34. The predicted molar refractivity (Wildman–Crippen MR) is 105 cm³/mol. The van der Waals surface area contributed by atoms with E-state index in [1.165, 1.54) is 17.4 Å². The first-order valence-corrected chi connectivity index (χ1v) is 11.5. The van der Waals surface area contributed by atoms with Crippen LogP contribution in [0.15, 0.2) is 29.2 Å². The van der Waals surface area contributed by atoms with E-state index in [-0.39, 0.29) is 16.6 Å². The summed E-state index contributed by atoms with van der Waals surface area (Å²) in [6.45, 7) is 5.86. The largest absolute Gasteiger partial charge is 0.337 e. The molecule has 0 N–H and O–H groups in total. The van der Waals surface area contributed by atoms with Crippen LogP contribution in [0.3, 0.4) is 0 Å². The Balaban J connectivity index is 1.74. The van der Waals surface area contributed by atoms with E-state index in [1.54, 1.807) is 18.2 Å². The molecular weight excluding hydrogens is 390 g/mol. The van der Waals surface area contributed by atoms with Gasteiger partial charge in [0.25, 0.3) is 5.91 Å². The summed E-state index contributed by atoms with van der Waals surface area (Å²) in [5.74, 6) is 0.906. The van der Waals surface area contributed by atoms with Gasteiger partial charge in [-0.05, 0) is 42.0 Å². The minimum atomic E-state index is -3.44. The highest BCUT2D eigenvalue weighted by Gasteiger charge is 2.33. The molecule has 2 aromatic rings. The Morgan fingerprint density at radius 3 is 2.58 bits per heavy atom. The van der Waals surface area contributed by atoms with Gasteiger partial charge in [0.1, 0.15) is 0 Å². The lowest BCUT2D eigenvalue weighted by atomic mass is 9.92. The molecule has 1 aromatic carbocycles. The van der Waals surface area contributed by atoms with Gasteiger partial charge in [0.05, 0.1) is 15.5 Å². The molecule has 26 heavy (non-hydrogen) atoms. The summed E-state index contributed by atoms with van der Waals surface area (Å²) in [5.41, 5.74) is 1.37. The molecular formula is C19H20ClNO3S2. The van der Waals surface area contributed by atoms with Gasteiger partial charge >= 0.3 is 0 Å². The quantitative estimate of drug-likeness (QED) is 0.698. The van der Waals surface area contributed by atoms with Crippen LogP contribution in [0, 0.1) is 11.8 Å². The number of piperidine rings is 1. The molecule has 4 rings (SSSR count). The zero-order chi connectivity index (χ0) is 18.6. The molecule has 1 saturated heterocycles. The van der Waals surface area contributed by atoms with E-state index >= 15 is 0 Å². The SMILES string of the molecule is C[C@@H]1C[C@@H](C)CN(C(=O)c2cc3c(s2)-c2ccc(Cl)cc2S(=O)(=O)C3)C1.